The first-order chi connectivity index (χ1) is 16.1. The fourth-order valence-electron chi connectivity index (χ4n) is 4.25. The molecule has 2 aromatic carbocycles. The average molecular weight is 498 g/mol. The Morgan fingerprint density at radius 1 is 0.912 bits per heavy atom. The first-order valence-corrected chi connectivity index (χ1v) is 11.7. The number of carboxylic acids is 1. The number of halogens is 3. The van der Waals surface area contributed by atoms with Crippen molar-refractivity contribution < 1.29 is 33.3 Å². The Morgan fingerprint density at radius 2 is 1.53 bits per heavy atom. The number of aliphatic carboxylic acids is 1. The lowest BCUT2D eigenvalue weighted by atomic mass is 10.1. The van der Waals surface area contributed by atoms with Crippen molar-refractivity contribution in [3.63, 3.8) is 0 Å². The van der Waals surface area contributed by atoms with Crippen LogP contribution in [0.5, 0.6) is 0 Å². The minimum absolute atomic E-state index is 0.0479. The Balaban J connectivity index is 1.45. The average Bonchev–Trinajstić information content (AvgIpc) is 2.79. The fourth-order valence-corrected chi connectivity index (χ4v) is 5.32. The molecule has 1 saturated heterocycles. The zero-order valence-corrected chi connectivity index (χ0v) is 19.1. The number of piperazine rings is 1. The van der Waals surface area contributed by atoms with E-state index in [1.54, 1.807) is 4.90 Å². The van der Waals surface area contributed by atoms with E-state index in [0.717, 1.165) is 22.7 Å². The molecule has 184 valence electrons. The van der Waals surface area contributed by atoms with Crippen molar-refractivity contribution in [1.29, 1.82) is 0 Å². The van der Waals surface area contributed by atoms with Crippen LogP contribution in [0.2, 0.25) is 0 Å². The third-order valence-electron chi connectivity index (χ3n) is 6.00. The Morgan fingerprint density at radius 3 is 2.18 bits per heavy atom. The number of fused-ring (bicyclic) bond motifs is 2. The number of para-hydroxylation sites is 1. The van der Waals surface area contributed by atoms with Gasteiger partial charge in [-0.2, -0.15) is 13.2 Å². The smallest absolute Gasteiger partial charge is 0.416 e. The van der Waals surface area contributed by atoms with Crippen LogP contribution in [0.1, 0.15) is 5.56 Å². The van der Waals surface area contributed by atoms with Gasteiger partial charge in [0.1, 0.15) is 0 Å². The zero-order chi connectivity index (χ0) is 24.5. The Labute approximate surface area is 199 Å². The summed E-state index contributed by atoms with van der Waals surface area (Å²) >= 11 is 1.41. The van der Waals surface area contributed by atoms with Gasteiger partial charge >= 0.3 is 12.1 Å². The van der Waals surface area contributed by atoms with Crippen LogP contribution >= 0.6 is 11.8 Å². The largest absolute Gasteiger partial charge is 0.479 e. The molecule has 2 aromatic rings. The Hall–Kier alpha value is -2.31. The standard InChI is InChI=1S/C23H26F3N3O4S/c24-23(25,26)15-5-6-21-18(11-15)29(17-3-1-2-4-20(17)34-21)13-16(30)12-27-7-9-28(10-8-27)14-19(31)22(32)33/h1-6,11,16,19,30-31H,7-10,12-14H2,(H,32,33). The molecule has 0 saturated carbocycles. The van der Waals surface area contributed by atoms with Gasteiger partial charge in [-0.25, -0.2) is 4.79 Å². The van der Waals surface area contributed by atoms with E-state index < -0.39 is 29.9 Å². The van der Waals surface area contributed by atoms with Gasteiger partial charge in [0.05, 0.1) is 29.6 Å². The van der Waals surface area contributed by atoms with Crippen molar-refractivity contribution in [3.05, 3.63) is 48.0 Å². The maximum Gasteiger partial charge on any atom is 0.416 e. The minimum Gasteiger partial charge on any atom is -0.479 e. The third kappa shape index (κ3) is 5.66. The molecule has 0 aromatic heterocycles. The van der Waals surface area contributed by atoms with Crippen molar-refractivity contribution in [2.45, 2.75) is 28.2 Å². The molecule has 0 amide bonds. The predicted octanol–water partition coefficient (Wildman–Crippen LogP) is 2.73. The summed E-state index contributed by atoms with van der Waals surface area (Å²) in [7, 11) is 0. The number of aliphatic hydroxyl groups is 2. The highest BCUT2D eigenvalue weighted by molar-refractivity contribution is 7.99. The summed E-state index contributed by atoms with van der Waals surface area (Å²) in [5, 5.41) is 29.3. The normalized spacial score (nSPS) is 18.8. The molecule has 11 heteroatoms. The molecule has 2 aliphatic heterocycles. The number of carbonyl (C=O) groups is 1. The van der Waals surface area contributed by atoms with Gasteiger partial charge in [-0.05, 0) is 30.3 Å². The number of anilines is 2. The molecule has 2 unspecified atom stereocenters. The molecule has 0 radical (unpaired) electrons. The van der Waals surface area contributed by atoms with Crippen molar-refractivity contribution in [2.75, 3.05) is 50.7 Å². The molecule has 34 heavy (non-hydrogen) atoms. The van der Waals surface area contributed by atoms with Gasteiger partial charge in [-0.3, -0.25) is 9.80 Å². The van der Waals surface area contributed by atoms with Crippen molar-refractivity contribution in [1.82, 2.24) is 9.80 Å². The number of rotatable bonds is 7. The van der Waals surface area contributed by atoms with E-state index in [1.807, 2.05) is 34.1 Å². The van der Waals surface area contributed by atoms with Crippen LogP contribution in [-0.2, 0) is 11.0 Å². The third-order valence-corrected chi connectivity index (χ3v) is 7.13. The first-order valence-electron chi connectivity index (χ1n) is 10.9. The molecular formula is C23H26F3N3O4S. The quantitative estimate of drug-likeness (QED) is 0.539. The van der Waals surface area contributed by atoms with E-state index >= 15 is 0 Å². The van der Waals surface area contributed by atoms with E-state index in [-0.39, 0.29) is 13.1 Å². The second-order valence-electron chi connectivity index (χ2n) is 8.47. The highest BCUT2D eigenvalue weighted by Gasteiger charge is 2.34. The number of carboxylic acid groups (broad SMARTS) is 1. The van der Waals surface area contributed by atoms with E-state index in [0.29, 0.717) is 43.3 Å². The summed E-state index contributed by atoms with van der Waals surface area (Å²) in [6, 6.07) is 11.1. The van der Waals surface area contributed by atoms with Crippen LogP contribution < -0.4 is 4.90 Å². The molecule has 0 spiro atoms. The first kappa shape index (κ1) is 24.8. The predicted molar refractivity (Wildman–Crippen MR) is 122 cm³/mol. The van der Waals surface area contributed by atoms with Crippen LogP contribution in [-0.4, -0.2) is 89.1 Å². The van der Waals surface area contributed by atoms with Gasteiger partial charge < -0.3 is 20.2 Å². The summed E-state index contributed by atoms with van der Waals surface area (Å²) < 4.78 is 40.1. The van der Waals surface area contributed by atoms with Gasteiger partial charge in [0.15, 0.2) is 6.10 Å². The van der Waals surface area contributed by atoms with E-state index in [9.17, 15) is 28.2 Å². The van der Waals surface area contributed by atoms with Crippen LogP contribution in [0.25, 0.3) is 0 Å². The zero-order valence-electron chi connectivity index (χ0n) is 18.3. The molecule has 2 atom stereocenters. The van der Waals surface area contributed by atoms with Crippen LogP contribution in [0.15, 0.2) is 52.3 Å². The van der Waals surface area contributed by atoms with E-state index in [1.165, 1.54) is 17.8 Å². The number of nitrogens with zero attached hydrogens (tertiary/aromatic N) is 3. The molecule has 1 fully saturated rings. The summed E-state index contributed by atoms with van der Waals surface area (Å²) in [5.41, 5.74) is 0.446. The summed E-state index contributed by atoms with van der Waals surface area (Å²) in [6.07, 6.45) is -6.72. The lowest BCUT2D eigenvalue weighted by molar-refractivity contribution is -0.147. The number of hydrogen-bond acceptors (Lipinski definition) is 7. The number of alkyl halides is 3. The molecular weight excluding hydrogens is 471 g/mol. The summed E-state index contributed by atoms with van der Waals surface area (Å²) in [6.45, 7) is 2.79. The highest BCUT2D eigenvalue weighted by Crippen LogP contribution is 2.49. The lowest BCUT2D eigenvalue weighted by Crippen LogP contribution is -2.51. The van der Waals surface area contributed by atoms with Crippen molar-refractivity contribution >= 4 is 29.1 Å². The number of β-amino-alcohol motifs (C(OH)–C–C–N with tert-alkyl or cyclic N) is 2. The fraction of sp³-hybridized carbons (Fsp3) is 0.435. The summed E-state index contributed by atoms with van der Waals surface area (Å²) in [4.78, 5) is 18.1. The Bertz CT molecular complexity index is 1030. The van der Waals surface area contributed by atoms with E-state index in [4.69, 9.17) is 5.11 Å². The van der Waals surface area contributed by atoms with Crippen LogP contribution in [0.3, 0.4) is 0 Å². The molecule has 2 heterocycles. The summed E-state index contributed by atoms with van der Waals surface area (Å²) in [5.74, 6) is -1.26. The van der Waals surface area contributed by atoms with Gasteiger partial charge in [0.25, 0.3) is 0 Å². The molecule has 7 nitrogen and oxygen atoms in total. The molecule has 0 aliphatic carbocycles. The number of aliphatic hydroxyl groups excluding tert-OH is 2. The van der Waals surface area contributed by atoms with Gasteiger partial charge in [-0.15, -0.1) is 0 Å². The van der Waals surface area contributed by atoms with Crippen LogP contribution in [0, 0.1) is 0 Å². The molecule has 2 aliphatic rings. The van der Waals surface area contributed by atoms with Crippen LogP contribution in [0.4, 0.5) is 24.5 Å². The van der Waals surface area contributed by atoms with Crippen molar-refractivity contribution in [3.8, 4) is 0 Å². The maximum atomic E-state index is 13.4. The number of benzene rings is 2. The highest BCUT2D eigenvalue weighted by atomic mass is 32.2. The SMILES string of the molecule is O=C(O)C(O)CN1CCN(CC(O)CN2c3ccccc3Sc3ccc(C(F)(F)F)cc32)CC1. The molecule has 0 bridgehead atoms. The monoisotopic (exact) mass is 497 g/mol. The lowest BCUT2D eigenvalue weighted by Gasteiger charge is -2.38. The minimum atomic E-state index is -4.46. The second-order valence-corrected chi connectivity index (χ2v) is 9.55. The number of hydrogen-bond donors (Lipinski definition) is 3. The Kier molecular flexibility index (Phi) is 7.39. The van der Waals surface area contributed by atoms with Gasteiger partial charge in [0, 0.05) is 49.1 Å². The van der Waals surface area contributed by atoms with Crippen molar-refractivity contribution in [2.24, 2.45) is 0 Å². The molecule has 3 N–H and O–H groups in total. The van der Waals surface area contributed by atoms with E-state index in [2.05, 4.69) is 0 Å². The maximum absolute atomic E-state index is 13.4. The molecule has 4 rings (SSSR count). The van der Waals surface area contributed by atoms with Gasteiger partial charge in [-0.1, -0.05) is 23.9 Å². The topological polar surface area (TPSA) is 87.5 Å². The second kappa shape index (κ2) is 10.1. The van der Waals surface area contributed by atoms with Gasteiger partial charge in [0.2, 0.25) is 0 Å².